The van der Waals surface area contributed by atoms with E-state index in [4.69, 9.17) is 23.2 Å². The normalized spacial score (nSPS) is 13.1. The van der Waals surface area contributed by atoms with Crippen molar-refractivity contribution in [3.8, 4) is 0 Å². The summed E-state index contributed by atoms with van der Waals surface area (Å²) in [4.78, 5) is 20.6. The maximum absolute atomic E-state index is 12.2. The smallest absolute Gasteiger partial charge is 0.258 e. The van der Waals surface area contributed by atoms with Crippen molar-refractivity contribution in [2.24, 2.45) is 0 Å². The predicted octanol–water partition coefficient (Wildman–Crippen LogP) is 3.52. The average Bonchev–Trinajstić information content (AvgIpc) is 2.87. The van der Waals surface area contributed by atoms with Gasteiger partial charge >= 0.3 is 0 Å². The van der Waals surface area contributed by atoms with Crippen LogP contribution in [0.5, 0.6) is 0 Å². The summed E-state index contributed by atoms with van der Waals surface area (Å²) in [5.74, 6) is 0.281. The van der Waals surface area contributed by atoms with Crippen molar-refractivity contribution in [1.82, 2.24) is 9.97 Å². The summed E-state index contributed by atoms with van der Waals surface area (Å²) in [5, 5.41) is 3.62. The van der Waals surface area contributed by atoms with Crippen molar-refractivity contribution in [2.75, 3.05) is 5.32 Å². The Morgan fingerprint density at radius 3 is 2.85 bits per heavy atom. The van der Waals surface area contributed by atoms with E-state index in [-0.39, 0.29) is 5.91 Å². The van der Waals surface area contributed by atoms with Gasteiger partial charge in [-0.2, -0.15) is 0 Å². The lowest BCUT2D eigenvalue weighted by Crippen LogP contribution is -2.15. The van der Waals surface area contributed by atoms with Crippen molar-refractivity contribution >= 4 is 34.9 Å². The van der Waals surface area contributed by atoms with Gasteiger partial charge < -0.3 is 5.32 Å². The highest BCUT2D eigenvalue weighted by atomic mass is 35.5. The SMILES string of the molecule is O=C(Nc1ncnc2c1CCC2)c1ccc(Cl)cc1Cl. The highest BCUT2D eigenvalue weighted by Gasteiger charge is 2.19. The van der Waals surface area contributed by atoms with E-state index in [1.54, 1.807) is 18.2 Å². The Balaban J connectivity index is 1.88. The summed E-state index contributed by atoms with van der Waals surface area (Å²) in [6.07, 6.45) is 4.34. The third-order valence-electron chi connectivity index (χ3n) is 3.28. The number of hydrogen-bond acceptors (Lipinski definition) is 3. The molecule has 1 N–H and O–H groups in total. The third kappa shape index (κ3) is 2.49. The molecule has 6 heteroatoms. The van der Waals surface area contributed by atoms with Gasteiger partial charge in [0.1, 0.15) is 12.1 Å². The summed E-state index contributed by atoms with van der Waals surface area (Å²) < 4.78 is 0. The number of fused-ring (bicyclic) bond motifs is 1. The van der Waals surface area contributed by atoms with Crippen molar-refractivity contribution in [1.29, 1.82) is 0 Å². The Morgan fingerprint density at radius 2 is 2.05 bits per heavy atom. The summed E-state index contributed by atoms with van der Waals surface area (Å²) in [6, 6.07) is 4.77. The fourth-order valence-corrected chi connectivity index (χ4v) is 2.81. The molecule has 1 heterocycles. The van der Waals surface area contributed by atoms with Crippen molar-refractivity contribution in [3.05, 3.63) is 51.4 Å². The van der Waals surface area contributed by atoms with Crippen molar-refractivity contribution in [2.45, 2.75) is 19.3 Å². The Hall–Kier alpha value is -1.65. The minimum absolute atomic E-state index is 0.292. The zero-order chi connectivity index (χ0) is 14.1. The zero-order valence-corrected chi connectivity index (χ0v) is 12.0. The molecule has 1 aliphatic carbocycles. The molecule has 20 heavy (non-hydrogen) atoms. The minimum atomic E-state index is -0.292. The van der Waals surface area contributed by atoms with Crippen LogP contribution in [0.1, 0.15) is 28.0 Å². The summed E-state index contributed by atoms with van der Waals surface area (Å²) in [7, 11) is 0. The van der Waals surface area contributed by atoms with Crippen LogP contribution in [0.25, 0.3) is 0 Å². The number of carbonyl (C=O) groups is 1. The molecule has 0 bridgehead atoms. The average molecular weight is 308 g/mol. The number of rotatable bonds is 2. The number of benzene rings is 1. The van der Waals surface area contributed by atoms with Crippen LogP contribution in [0.3, 0.4) is 0 Å². The maximum Gasteiger partial charge on any atom is 0.258 e. The Kier molecular flexibility index (Phi) is 3.59. The van der Waals surface area contributed by atoms with Crippen LogP contribution >= 0.6 is 23.2 Å². The highest BCUT2D eigenvalue weighted by Crippen LogP contribution is 2.26. The van der Waals surface area contributed by atoms with Crippen molar-refractivity contribution in [3.63, 3.8) is 0 Å². The topological polar surface area (TPSA) is 54.9 Å². The van der Waals surface area contributed by atoms with E-state index in [2.05, 4.69) is 15.3 Å². The molecule has 1 aliphatic rings. The molecule has 0 saturated heterocycles. The Morgan fingerprint density at radius 1 is 1.20 bits per heavy atom. The van der Waals surface area contributed by atoms with Crippen LogP contribution in [0, 0.1) is 0 Å². The molecule has 102 valence electrons. The lowest BCUT2D eigenvalue weighted by atomic mass is 10.2. The molecule has 3 rings (SSSR count). The fourth-order valence-electron chi connectivity index (χ4n) is 2.32. The van der Waals surface area contributed by atoms with E-state index in [0.717, 1.165) is 30.5 Å². The first-order chi connectivity index (χ1) is 9.65. The van der Waals surface area contributed by atoms with Gasteiger partial charge in [0.25, 0.3) is 5.91 Å². The second kappa shape index (κ2) is 5.38. The van der Waals surface area contributed by atoms with Gasteiger partial charge in [0, 0.05) is 16.3 Å². The zero-order valence-electron chi connectivity index (χ0n) is 10.5. The number of nitrogens with one attached hydrogen (secondary N) is 1. The molecular formula is C14H11Cl2N3O. The summed E-state index contributed by atoms with van der Waals surface area (Å²) >= 11 is 11.9. The van der Waals surface area contributed by atoms with E-state index < -0.39 is 0 Å². The highest BCUT2D eigenvalue weighted by molar-refractivity contribution is 6.37. The largest absolute Gasteiger partial charge is 0.306 e. The Bertz CT molecular complexity index is 688. The van der Waals surface area contributed by atoms with E-state index in [1.165, 1.54) is 6.33 Å². The van der Waals surface area contributed by atoms with E-state index in [9.17, 15) is 4.79 Å². The minimum Gasteiger partial charge on any atom is -0.306 e. The first-order valence-electron chi connectivity index (χ1n) is 6.24. The van der Waals surface area contributed by atoms with Crippen molar-refractivity contribution < 1.29 is 4.79 Å². The number of anilines is 1. The van der Waals surface area contributed by atoms with Gasteiger partial charge in [-0.1, -0.05) is 23.2 Å². The third-order valence-corrected chi connectivity index (χ3v) is 3.83. The number of halogens is 2. The lowest BCUT2D eigenvalue weighted by molar-refractivity contribution is 0.102. The summed E-state index contributed by atoms with van der Waals surface area (Å²) in [6.45, 7) is 0. The molecule has 0 aliphatic heterocycles. The van der Waals surface area contributed by atoms with Crippen LogP contribution in [0.4, 0.5) is 5.82 Å². The first kappa shape index (κ1) is 13.3. The van der Waals surface area contributed by atoms with Crippen LogP contribution in [-0.4, -0.2) is 15.9 Å². The standard InChI is InChI=1S/C14H11Cl2N3O/c15-8-4-5-9(11(16)6-8)14(20)19-13-10-2-1-3-12(10)17-7-18-13/h4-7H,1-3H2,(H,17,18,19,20). The van der Waals surface area contributed by atoms with E-state index >= 15 is 0 Å². The van der Waals surface area contributed by atoms with E-state index in [1.807, 2.05) is 0 Å². The molecule has 0 atom stereocenters. The molecule has 1 aromatic heterocycles. The lowest BCUT2D eigenvalue weighted by Gasteiger charge is -2.09. The molecule has 0 saturated carbocycles. The molecule has 0 fully saturated rings. The first-order valence-corrected chi connectivity index (χ1v) is 7.00. The van der Waals surface area contributed by atoms with Gasteiger partial charge in [-0.25, -0.2) is 9.97 Å². The quantitative estimate of drug-likeness (QED) is 0.923. The van der Waals surface area contributed by atoms with Gasteiger partial charge in [0.2, 0.25) is 0 Å². The van der Waals surface area contributed by atoms with Crippen LogP contribution in [-0.2, 0) is 12.8 Å². The molecule has 4 nitrogen and oxygen atoms in total. The molecule has 1 amide bonds. The molecule has 0 spiro atoms. The van der Waals surface area contributed by atoms with Crippen LogP contribution in [0.15, 0.2) is 24.5 Å². The second-order valence-electron chi connectivity index (χ2n) is 4.58. The molecular weight excluding hydrogens is 297 g/mol. The Labute approximate surface area is 126 Å². The van der Waals surface area contributed by atoms with Gasteiger partial charge in [-0.3, -0.25) is 4.79 Å². The monoisotopic (exact) mass is 307 g/mol. The van der Waals surface area contributed by atoms with Gasteiger partial charge in [-0.15, -0.1) is 0 Å². The number of amides is 1. The molecule has 0 unspecified atom stereocenters. The number of aromatic nitrogens is 2. The molecule has 1 aromatic carbocycles. The molecule has 0 radical (unpaired) electrons. The number of carbonyl (C=O) groups excluding carboxylic acids is 1. The van der Waals surface area contributed by atoms with Gasteiger partial charge in [-0.05, 0) is 37.5 Å². The predicted molar refractivity (Wildman–Crippen MR) is 78.5 cm³/mol. The maximum atomic E-state index is 12.2. The number of aryl methyl sites for hydroxylation is 1. The van der Waals surface area contributed by atoms with Crippen LogP contribution < -0.4 is 5.32 Å². The fraction of sp³-hybridized carbons (Fsp3) is 0.214. The van der Waals surface area contributed by atoms with E-state index in [0.29, 0.717) is 21.4 Å². The van der Waals surface area contributed by atoms with Gasteiger partial charge in [0.15, 0.2) is 0 Å². The number of hydrogen-bond donors (Lipinski definition) is 1. The summed E-state index contributed by atoms with van der Waals surface area (Å²) in [5.41, 5.74) is 2.41. The van der Waals surface area contributed by atoms with Crippen LogP contribution in [0.2, 0.25) is 10.0 Å². The molecule has 2 aromatic rings. The second-order valence-corrected chi connectivity index (χ2v) is 5.42. The number of nitrogens with zero attached hydrogens (tertiary/aromatic N) is 2. The van der Waals surface area contributed by atoms with Gasteiger partial charge in [0.05, 0.1) is 10.6 Å².